The maximum Gasteiger partial charge on any atom is 0.323 e. The van der Waals surface area contributed by atoms with Crippen molar-refractivity contribution < 1.29 is 23.4 Å². The summed E-state index contributed by atoms with van der Waals surface area (Å²) < 4.78 is 25.7. The fourth-order valence-electron chi connectivity index (χ4n) is 1.29. The Kier molecular flexibility index (Phi) is 3.85. The number of anilines is 1. The molecule has 0 radical (unpaired) electrons. The first-order chi connectivity index (χ1) is 8.15. The number of aromatic hydroxyl groups is 1. The Balaban J connectivity index is 3.13. The first-order valence-corrected chi connectivity index (χ1v) is 6.74. The minimum atomic E-state index is -4.00. The van der Waals surface area contributed by atoms with Crippen molar-refractivity contribution in [1.29, 1.82) is 0 Å². The van der Waals surface area contributed by atoms with Crippen LogP contribution < -0.4 is 4.72 Å². The molecule has 1 unspecified atom stereocenters. The molecular weight excluding hydrogens is 258 g/mol. The first kappa shape index (κ1) is 14.3. The van der Waals surface area contributed by atoms with Crippen LogP contribution in [0, 0.1) is 13.8 Å². The molecule has 0 spiro atoms. The van der Waals surface area contributed by atoms with Gasteiger partial charge in [-0.3, -0.25) is 9.52 Å². The van der Waals surface area contributed by atoms with E-state index in [1.165, 1.54) is 12.1 Å². The molecule has 6 nitrogen and oxygen atoms in total. The van der Waals surface area contributed by atoms with E-state index in [-0.39, 0.29) is 11.4 Å². The smallest absolute Gasteiger partial charge is 0.323 e. The van der Waals surface area contributed by atoms with Crippen molar-refractivity contribution in [2.75, 3.05) is 4.72 Å². The fourth-order valence-corrected chi connectivity index (χ4v) is 2.25. The third kappa shape index (κ3) is 2.92. The van der Waals surface area contributed by atoms with Crippen LogP contribution in [-0.4, -0.2) is 29.9 Å². The minimum Gasteiger partial charge on any atom is -0.508 e. The summed E-state index contributed by atoms with van der Waals surface area (Å²) >= 11 is 0. The molecule has 1 atom stereocenters. The van der Waals surface area contributed by atoms with Crippen LogP contribution in [0.2, 0.25) is 0 Å². The Morgan fingerprint density at radius 2 is 1.83 bits per heavy atom. The molecular formula is C11H15NO5S. The van der Waals surface area contributed by atoms with Crippen LogP contribution in [0.25, 0.3) is 0 Å². The number of rotatable bonds is 4. The molecule has 1 aromatic rings. The van der Waals surface area contributed by atoms with Gasteiger partial charge in [0.15, 0.2) is 5.25 Å². The molecule has 0 fully saturated rings. The Morgan fingerprint density at radius 1 is 1.28 bits per heavy atom. The van der Waals surface area contributed by atoms with Gasteiger partial charge in [-0.05, 0) is 44.0 Å². The third-order valence-corrected chi connectivity index (χ3v) is 4.25. The van der Waals surface area contributed by atoms with Gasteiger partial charge in [-0.25, -0.2) is 8.42 Å². The SMILES string of the molecule is Cc1cc(NS(=O)(=O)C(C)C(=O)O)c(C)cc1O. The van der Waals surface area contributed by atoms with Crippen LogP contribution in [0.5, 0.6) is 5.75 Å². The van der Waals surface area contributed by atoms with E-state index in [4.69, 9.17) is 5.11 Å². The predicted octanol–water partition coefficient (Wildman–Crippen LogP) is 1.22. The molecule has 0 aliphatic rings. The number of carboxylic acid groups (broad SMARTS) is 1. The van der Waals surface area contributed by atoms with Crippen molar-refractivity contribution >= 4 is 21.7 Å². The number of carbonyl (C=O) groups is 1. The van der Waals surface area contributed by atoms with Crippen LogP contribution in [0.3, 0.4) is 0 Å². The second-order valence-electron chi connectivity index (χ2n) is 4.08. The largest absolute Gasteiger partial charge is 0.508 e. The van der Waals surface area contributed by atoms with Gasteiger partial charge in [-0.1, -0.05) is 0 Å². The van der Waals surface area contributed by atoms with E-state index in [0.717, 1.165) is 6.92 Å². The number of nitrogens with one attached hydrogen (secondary N) is 1. The Morgan fingerprint density at radius 3 is 2.33 bits per heavy atom. The molecule has 18 heavy (non-hydrogen) atoms. The summed E-state index contributed by atoms with van der Waals surface area (Å²) in [6, 6.07) is 2.87. The summed E-state index contributed by atoms with van der Waals surface area (Å²) in [4.78, 5) is 10.7. The minimum absolute atomic E-state index is 0.0572. The molecule has 7 heteroatoms. The lowest BCUT2D eigenvalue weighted by atomic mass is 10.1. The highest BCUT2D eigenvalue weighted by Gasteiger charge is 2.28. The maximum absolute atomic E-state index is 11.7. The number of hydrogen-bond acceptors (Lipinski definition) is 4. The number of benzene rings is 1. The first-order valence-electron chi connectivity index (χ1n) is 5.20. The Labute approximate surface area is 105 Å². The van der Waals surface area contributed by atoms with E-state index in [9.17, 15) is 18.3 Å². The van der Waals surface area contributed by atoms with E-state index in [2.05, 4.69) is 4.72 Å². The van der Waals surface area contributed by atoms with E-state index in [0.29, 0.717) is 11.1 Å². The summed E-state index contributed by atoms with van der Waals surface area (Å²) in [6.45, 7) is 4.32. The highest BCUT2D eigenvalue weighted by molar-refractivity contribution is 7.94. The zero-order valence-electron chi connectivity index (χ0n) is 10.3. The number of aliphatic carboxylic acids is 1. The van der Waals surface area contributed by atoms with Crippen LogP contribution in [0.4, 0.5) is 5.69 Å². The number of carboxylic acids is 1. The van der Waals surface area contributed by atoms with E-state index in [1.807, 2.05) is 0 Å². The summed E-state index contributed by atoms with van der Waals surface area (Å²) in [6.07, 6.45) is 0. The standard InChI is InChI=1S/C11H15NO5S/c1-6-5-10(13)7(2)4-9(6)12-18(16,17)8(3)11(14)15/h4-5,8,12-13H,1-3H3,(H,14,15). The van der Waals surface area contributed by atoms with Crippen LogP contribution in [0.15, 0.2) is 12.1 Å². The zero-order valence-corrected chi connectivity index (χ0v) is 11.1. The van der Waals surface area contributed by atoms with Gasteiger partial charge in [0.2, 0.25) is 10.0 Å². The van der Waals surface area contributed by atoms with Crippen LogP contribution >= 0.6 is 0 Å². The highest BCUT2D eigenvalue weighted by atomic mass is 32.2. The van der Waals surface area contributed by atoms with Crippen LogP contribution in [-0.2, 0) is 14.8 Å². The van der Waals surface area contributed by atoms with Crippen LogP contribution in [0.1, 0.15) is 18.1 Å². The second kappa shape index (κ2) is 4.85. The topological polar surface area (TPSA) is 104 Å². The predicted molar refractivity (Wildman–Crippen MR) is 67.2 cm³/mol. The van der Waals surface area contributed by atoms with Crippen molar-refractivity contribution in [1.82, 2.24) is 0 Å². The third-order valence-electron chi connectivity index (χ3n) is 2.61. The maximum atomic E-state index is 11.7. The lowest BCUT2D eigenvalue weighted by Gasteiger charge is -2.14. The number of phenolic OH excluding ortho intramolecular Hbond substituents is 1. The molecule has 100 valence electrons. The lowest BCUT2D eigenvalue weighted by molar-refractivity contribution is -0.136. The average Bonchev–Trinajstić information content (AvgIpc) is 2.24. The van der Waals surface area contributed by atoms with Crippen molar-refractivity contribution in [2.24, 2.45) is 0 Å². The summed E-state index contributed by atoms with van der Waals surface area (Å²) in [5.41, 5.74) is 1.28. The zero-order chi connectivity index (χ0) is 14.1. The fraction of sp³-hybridized carbons (Fsp3) is 0.364. The molecule has 0 aromatic heterocycles. The molecule has 1 aromatic carbocycles. The molecule has 0 saturated carbocycles. The van der Waals surface area contributed by atoms with Gasteiger partial charge in [0.25, 0.3) is 0 Å². The number of hydrogen-bond donors (Lipinski definition) is 3. The number of phenols is 1. The monoisotopic (exact) mass is 273 g/mol. The van der Waals surface area contributed by atoms with Crippen molar-refractivity contribution in [3.63, 3.8) is 0 Å². The quantitative estimate of drug-likeness (QED) is 0.716. The molecule has 0 bridgehead atoms. The van der Waals surface area contributed by atoms with Gasteiger partial charge >= 0.3 is 5.97 Å². The molecule has 0 heterocycles. The molecule has 1 rings (SSSR count). The van der Waals surface area contributed by atoms with Gasteiger partial charge in [0.05, 0.1) is 5.69 Å². The molecule has 0 aliphatic carbocycles. The normalized spacial score (nSPS) is 13.1. The van der Waals surface area contributed by atoms with E-state index in [1.54, 1.807) is 13.8 Å². The van der Waals surface area contributed by atoms with Crippen molar-refractivity contribution in [3.8, 4) is 5.75 Å². The summed E-state index contributed by atoms with van der Waals surface area (Å²) in [5, 5.41) is 16.6. The van der Waals surface area contributed by atoms with Gasteiger partial charge in [-0.15, -0.1) is 0 Å². The van der Waals surface area contributed by atoms with Gasteiger partial charge in [0.1, 0.15) is 5.75 Å². The molecule has 3 N–H and O–H groups in total. The average molecular weight is 273 g/mol. The molecule has 0 amide bonds. The molecule has 0 saturated heterocycles. The molecule has 0 aliphatic heterocycles. The summed E-state index contributed by atoms with van der Waals surface area (Å²) in [5.74, 6) is -1.36. The Hall–Kier alpha value is -1.76. The Bertz CT molecular complexity index is 579. The van der Waals surface area contributed by atoms with Crippen molar-refractivity contribution in [3.05, 3.63) is 23.3 Å². The second-order valence-corrected chi connectivity index (χ2v) is 6.08. The van der Waals surface area contributed by atoms with Gasteiger partial charge in [0, 0.05) is 0 Å². The number of sulfonamides is 1. The van der Waals surface area contributed by atoms with E-state index < -0.39 is 21.2 Å². The van der Waals surface area contributed by atoms with E-state index >= 15 is 0 Å². The number of aryl methyl sites for hydroxylation is 2. The van der Waals surface area contributed by atoms with Crippen molar-refractivity contribution in [2.45, 2.75) is 26.0 Å². The highest BCUT2D eigenvalue weighted by Crippen LogP contribution is 2.26. The van der Waals surface area contributed by atoms with Gasteiger partial charge < -0.3 is 10.2 Å². The lowest BCUT2D eigenvalue weighted by Crippen LogP contribution is -2.32. The summed E-state index contributed by atoms with van der Waals surface area (Å²) in [7, 11) is -4.00. The van der Waals surface area contributed by atoms with Gasteiger partial charge in [-0.2, -0.15) is 0 Å².